The summed E-state index contributed by atoms with van der Waals surface area (Å²) in [5, 5.41) is 55.1. The van der Waals surface area contributed by atoms with E-state index in [4.69, 9.17) is 5.73 Å². The molecule has 8 aromatic heterocycles. The van der Waals surface area contributed by atoms with Crippen LogP contribution in [-0.4, -0.2) is 239 Å². The highest BCUT2D eigenvalue weighted by atomic mass is 16.4. The standard InChI is InChI=1S/C62H81N27O15/c1-31(2)5-42(81-52(93)40(63)22-90)54(95)80-41(3-4-51(91)92)53(94)82-43(6-32-14-64-23-72-32)55(96)83-44(7-33-15-65-24-73-33)56(97)84-45(8-34-16-66-25-74-34)57(98)85-46(9-35-17-67-26-75-35)58(99)86-47(10-36-18-68-27-76-36)59(100)87-48(11-37-19-69-28-77-37)60(101)88-49(12-38-20-70-29-78-38)61(102)89-50(62(103)104)13-39-21-71-30-79-39/h14-21,23-31,40-50,90H,3-13,22,63H2,1-2H3,(H,64,72)(H,65,73)(H,66,74)(H,67,75)(H,68,76)(H,69,77)(H,70,78)(H,71,79)(H,80,95)(H,81,93)(H,82,94)(H,83,96)(H,84,97)(H,85,98)(H,86,99)(H,87,100)(H,88,101)(H,89,102)(H,91,92)(H,103,104)/t40-,41-,42-,43-,44-,45-,46-,47-,48-,49-,50-/m0/s1. The highest BCUT2D eigenvalue weighted by Gasteiger charge is 2.38. The first-order chi connectivity index (χ1) is 50.0. The van der Waals surface area contributed by atoms with Crippen LogP contribution in [0.3, 0.4) is 0 Å². The van der Waals surface area contributed by atoms with Gasteiger partial charge in [-0.3, -0.25) is 52.7 Å². The van der Waals surface area contributed by atoms with Gasteiger partial charge in [0.05, 0.1) is 103 Å². The molecular formula is C62H81N27O15. The summed E-state index contributed by atoms with van der Waals surface area (Å²) < 4.78 is 0. The van der Waals surface area contributed by atoms with Crippen LogP contribution in [0.4, 0.5) is 0 Å². The fraction of sp³-hybridized carbons (Fsp3) is 0.419. The van der Waals surface area contributed by atoms with E-state index in [0.29, 0.717) is 11.4 Å². The molecule has 23 N–H and O–H groups in total. The zero-order chi connectivity index (χ0) is 74.7. The summed E-state index contributed by atoms with van der Waals surface area (Å²) >= 11 is 0. The Morgan fingerprint density at radius 3 is 0.731 bits per heavy atom. The molecule has 0 fully saturated rings. The molecule has 8 rings (SSSR count). The molecule has 8 heterocycles. The Labute approximate surface area is 589 Å². The van der Waals surface area contributed by atoms with E-state index in [2.05, 4.69) is 133 Å². The summed E-state index contributed by atoms with van der Waals surface area (Å²) in [5.74, 6) is -12.8. The molecule has 0 saturated carbocycles. The van der Waals surface area contributed by atoms with E-state index in [-0.39, 0.29) is 97.9 Å². The largest absolute Gasteiger partial charge is 0.481 e. The van der Waals surface area contributed by atoms with Crippen molar-refractivity contribution in [3.05, 3.63) is 146 Å². The van der Waals surface area contributed by atoms with Gasteiger partial charge in [0.2, 0.25) is 59.1 Å². The summed E-state index contributed by atoms with van der Waals surface area (Å²) in [5.41, 5.74) is 7.68. The number of H-pyrrole nitrogens is 8. The Morgan fingerprint density at radius 1 is 0.327 bits per heavy atom. The number of imidazole rings is 8. The van der Waals surface area contributed by atoms with Crippen LogP contribution in [0.15, 0.2) is 100 Å². The van der Waals surface area contributed by atoms with Crippen LogP contribution >= 0.6 is 0 Å². The number of rotatable bonds is 43. The molecule has 0 bridgehead atoms. The van der Waals surface area contributed by atoms with Gasteiger partial charge in [0.25, 0.3) is 0 Å². The van der Waals surface area contributed by atoms with Gasteiger partial charge in [0.15, 0.2) is 0 Å². The minimum Gasteiger partial charge on any atom is -0.481 e. The number of aromatic nitrogens is 16. The van der Waals surface area contributed by atoms with Crippen LogP contribution in [0, 0.1) is 5.92 Å². The van der Waals surface area contributed by atoms with E-state index in [1.165, 1.54) is 100 Å². The number of aliphatic hydroxyl groups is 1. The molecule has 0 aliphatic carbocycles. The van der Waals surface area contributed by atoms with Crippen molar-refractivity contribution >= 4 is 71.0 Å². The Kier molecular flexibility index (Phi) is 28.2. The number of aliphatic hydroxyl groups excluding tert-OH is 1. The first-order valence-corrected chi connectivity index (χ1v) is 32.6. The van der Waals surface area contributed by atoms with E-state index in [1.54, 1.807) is 13.8 Å². The third-order valence-corrected chi connectivity index (χ3v) is 15.9. The summed E-state index contributed by atoms with van der Waals surface area (Å²) in [6.45, 7) is 2.73. The third kappa shape index (κ3) is 24.0. The van der Waals surface area contributed by atoms with Crippen molar-refractivity contribution in [2.24, 2.45) is 11.7 Å². The second-order valence-electron chi connectivity index (χ2n) is 24.4. The molecule has 0 saturated heterocycles. The molecule has 42 nitrogen and oxygen atoms in total. The number of carboxylic acids is 2. The van der Waals surface area contributed by atoms with Gasteiger partial charge in [-0.2, -0.15) is 0 Å². The second kappa shape index (κ2) is 38.2. The van der Waals surface area contributed by atoms with E-state index in [1.807, 2.05) is 0 Å². The number of nitrogens with one attached hydrogen (secondary N) is 18. The number of hydrogen-bond donors (Lipinski definition) is 22. The molecule has 0 radical (unpaired) electrons. The maximum atomic E-state index is 15.0. The van der Waals surface area contributed by atoms with Gasteiger partial charge in [0.1, 0.15) is 66.5 Å². The predicted octanol–water partition coefficient (Wildman–Crippen LogP) is -6.12. The molecule has 104 heavy (non-hydrogen) atoms. The number of aliphatic carboxylic acids is 2. The number of carbonyl (C=O) groups is 12. The highest BCUT2D eigenvalue weighted by Crippen LogP contribution is 2.14. The lowest BCUT2D eigenvalue weighted by molar-refractivity contribution is -0.142. The van der Waals surface area contributed by atoms with E-state index >= 15 is 9.59 Å². The summed E-state index contributed by atoms with van der Waals surface area (Å²) in [7, 11) is 0. The molecule has 0 aliphatic heterocycles. The monoisotopic (exact) mass is 1440 g/mol. The second-order valence-corrected chi connectivity index (χ2v) is 24.4. The highest BCUT2D eigenvalue weighted by molar-refractivity contribution is 5.99. The number of carboxylic acid groups (broad SMARTS) is 2. The summed E-state index contributed by atoms with van der Waals surface area (Å²) in [6.07, 6.45) is 18.2. The van der Waals surface area contributed by atoms with Gasteiger partial charge in [-0.1, -0.05) is 13.8 Å². The van der Waals surface area contributed by atoms with Gasteiger partial charge in [-0.05, 0) is 18.8 Å². The van der Waals surface area contributed by atoms with Gasteiger partial charge in [0, 0.05) is 107 Å². The Bertz CT molecular complexity index is 4040. The van der Waals surface area contributed by atoms with E-state index in [9.17, 15) is 63.3 Å². The lowest BCUT2D eigenvalue weighted by atomic mass is 10.0. The van der Waals surface area contributed by atoms with Crippen molar-refractivity contribution in [3.63, 3.8) is 0 Å². The molecule has 0 spiro atoms. The molecular weight excluding hydrogens is 1360 g/mol. The van der Waals surface area contributed by atoms with Crippen molar-refractivity contribution in [1.29, 1.82) is 0 Å². The lowest BCUT2D eigenvalue weighted by Crippen LogP contribution is -2.62. The van der Waals surface area contributed by atoms with Crippen LogP contribution in [0.5, 0.6) is 0 Å². The van der Waals surface area contributed by atoms with Crippen LogP contribution in [0.25, 0.3) is 0 Å². The summed E-state index contributed by atoms with van der Waals surface area (Å²) in [6, 6.07) is -17.1. The number of nitrogens with zero attached hydrogens (tertiary/aromatic N) is 8. The quantitative estimate of drug-likeness (QED) is 0.0169. The predicted molar refractivity (Wildman–Crippen MR) is 357 cm³/mol. The fourth-order valence-electron chi connectivity index (χ4n) is 10.6. The van der Waals surface area contributed by atoms with Gasteiger partial charge in [-0.25, -0.2) is 44.7 Å². The maximum absolute atomic E-state index is 15.0. The molecule has 0 aliphatic rings. The topological polar surface area (TPSA) is 641 Å². The van der Waals surface area contributed by atoms with Gasteiger partial charge in [-0.15, -0.1) is 0 Å². The Morgan fingerprint density at radius 2 is 0.529 bits per heavy atom. The SMILES string of the molecule is CC(C)C[C@H](NC(=O)[C@@H](N)CO)C(=O)N[C@@H](CCC(=O)O)C(=O)N[C@@H](Cc1c[nH]cn1)C(=O)N[C@@H](Cc1c[nH]cn1)C(=O)N[C@@H](Cc1c[nH]cn1)C(=O)N[C@@H](Cc1c[nH]cn1)C(=O)N[C@@H](Cc1c[nH]cn1)C(=O)N[C@@H](Cc1c[nH]cn1)C(=O)N[C@@H](Cc1c[nH]cn1)C(=O)N[C@@H](Cc1c[nH]cn1)C(=O)O. The zero-order valence-corrected chi connectivity index (χ0v) is 56.0. The Balaban J connectivity index is 1.03. The van der Waals surface area contributed by atoms with E-state index in [0.717, 1.165) is 0 Å². The van der Waals surface area contributed by atoms with E-state index < -0.39 is 157 Å². The van der Waals surface area contributed by atoms with Crippen molar-refractivity contribution < 1.29 is 72.9 Å². The first-order valence-electron chi connectivity index (χ1n) is 32.6. The smallest absolute Gasteiger partial charge is 0.326 e. The number of carbonyl (C=O) groups excluding carboxylic acids is 10. The minimum atomic E-state index is -1.65. The first kappa shape index (κ1) is 77.0. The molecule has 10 amide bonds. The molecule has 8 aromatic rings. The lowest BCUT2D eigenvalue weighted by Gasteiger charge is -2.28. The Hall–Kier alpha value is -12.8. The van der Waals surface area contributed by atoms with Crippen LogP contribution in [0.2, 0.25) is 0 Å². The molecule has 42 heteroatoms. The number of hydrogen-bond acceptors (Lipinski definition) is 22. The number of aromatic amines is 8. The average molecular weight is 1440 g/mol. The molecule has 11 atom stereocenters. The maximum Gasteiger partial charge on any atom is 0.326 e. The van der Waals surface area contributed by atoms with Crippen molar-refractivity contribution in [3.8, 4) is 0 Å². The number of nitrogens with two attached hydrogens (primary N) is 1. The average Bonchev–Trinajstić information content (AvgIpc) is 1.22. The van der Waals surface area contributed by atoms with Crippen LogP contribution in [-0.2, 0) is 109 Å². The molecule has 0 unspecified atom stereocenters. The molecule has 0 aromatic carbocycles. The third-order valence-electron chi connectivity index (χ3n) is 15.9. The fourth-order valence-corrected chi connectivity index (χ4v) is 10.6. The van der Waals surface area contributed by atoms with Crippen molar-refractivity contribution in [2.45, 2.75) is 151 Å². The van der Waals surface area contributed by atoms with Crippen LogP contribution in [0.1, 0.15) is 78.7 Å². The van der Waals surface area contributed by atoms with Crippen LogP contribution < -0.4 is 58.9 Å². The number of amides is 10. The summed E-state index contributed by atoms with van der Waals surface area (Å²) in [4.78, 5) is 224. The van der Waals surface area contributed by atoms with Crippen molar-refractivity contribution in [2.75, 3.05) is 6.61 Å². The normalized spacial score (nSPS) is 14.4. The molecule has 554 valence electrons. The van der Waals surface area contributed by atoms with Crippen molar-refractivity contribution in [1.82, 2.24) is 133 Å². The zero-order valence-electron chi connectivity index (χ0n) is 56.0. The van der Waals surface area contributed by atoms with Gasteiger partial charge < -0.3 is 114 Å². The minimum absolute atomic E-state index is 0.0190. The van der Waals surface area contributed by atoms with Gasteiger partial charge >= 0.3 is 11.9 Å².